The van der Waals surface area contributed by atoms with Gasteiger partial charge in [-0.05, 0) is 79.2 Å². The van der Waals surface area contributed by atoms with Crippen molar-refractivity contribution in [2.75, 3.05) is 30.4 Å². The van der Waals surface area contributed by atoms with Crippen LogP contribution in [-0.2, 0) is 23.9 Å². The van der Waals surface area contributed by atoms with Gasteiger partial charge in [-0.3, -0.25) is 24.1 Å². The summed E-state index contributed by atoms with van der Waals surface area (Å²) < 4.78 is 10.3. The van der Waals surface area contributed by atoms with Crippen LogP contribution in [0.2, 0.25) is 5.02 Å². The Labute approximate surface area is 274 Å². The van der Waals surface area contributed by atoms with Gasteiger partial charge >= 0.3 is 11.9 Å². The van der Waals surface area contributed by atoms with Crippen molar-refractivity contribution in [3.05, 3.63) is 98.9 Å². The minimum atomic E-state index is -0.710. The van der Waals surface area contributed by atoms with Crippen molar-refractivity contribution < 1.29 is 38.2 Å². The van der Waals surface area contributed by atoms with Crippen molar-refractivity contribution in [2.45, 2.75) is 26.7 Å². The smallest absolute Gasteiger partial charge is 0.339 e. The molecule has 238 valence electrons. The zero-order chi connectivity index (χ0) is 33.2. The highest BCUT2D eigenvalue weighted by atomic mass is 35.5. The maximum atomic E-state index is 12.9. The lowest BCUT2D eigenvalue weighted by Crippen LogP contribution is -2.36. The summed E-state index contributed by atoms with van der Waals surface area (Å²) in [7, 11) is 0. The molecule has 1 heterocycles. The number of thioether (sulfide) groups is 1. The van der Waals surface area contributed by atoms with E-state index in [4.69, 9.17) is 21.1 Å². The lowest BCUT2D eigenvalue weighted by molar-refractivity contribution is -0.127. The van der Waals surface area contributed by atoms with Crippen molar-refractivity contribution in [3.8, 4) is 0 Å². The Morgan fingerprint density at radius 1 is 0.870 bits per heavy atom. The van der Waals surface area contributed by atoms with E-state index in [1.165, 1.54) is 36.4 Å². The number of carbonyl (C=O) groups is 6. The number of hydrogen-bond acceptors (Lipinski definition) is 9. The molecule has 13 heteroatoms. The van der Waals surface area contributed by atoms with Gasteiger partial charge in [-0.2, -0.15) is 0 Å². The summed E-state index contributed by atoms with van der Waals surface area (Å²) >= 11 is 6.79. The molecule has 0 spiro atoms. The number of halogens is 1. The first kappa shape index (κ1) is 33.9. The SMILES string of the molecule is CCCCOC(=O)c1cc(NC(=O)CN2C(=O)S/C(=C\c3ccc(C(=O)OCC(=O)Nc4ccc(C)cc4)cc3)C2=O)ccc1Cl. The molecular weight excluding hydrogens is 634 g/mol. The van der Waals surface area contributed by atoms with E-state index >= 15 is 0 Å². The molecule has 4 amide bonds. The summed E-state index contributed by atoms with van der Waals surface area (Å²) in [5, 5.41) is 4.72. The molecule has 0 aliphatic carbocycles. The number of benzene rings is 3. The molecule has 3 aromatic carbocycles. The number of anilines is 2. The van der Waals surface area contributed by atoms with Gasteiger partial charge in [0.2, 0.25) is 5.91 Å². The molecule has 46 heavy (non-hydrogen) atoms. The second kappa shape index (κ2) is 15.9. The minimum absolute atomic E-state index is 0.0764. The first-order valence-corrected chi connectivity index (χ1v) is 15.4. The topological polar surface area (TPSA) is 148 Å². The quantitative estimate of drug-likeness (QED) is 0.134. The van der Waals surface area contributed by atoms with Crippen LogP contribution in [0.15, 0.2) is 71.6 Å². The van der Waals surface area contributed by atoms with E-state index in [1.54, 1.807) is 24.3 Å². The second-order valence-corrected chi connectivity index (χ2v) is 11.5. The summed E-state index contributed by atoms with van der Waals surface area (Å²) in [5.74, 6) is -3.15. The number of ether oxygens (including phenoxy) is 2. The monoisotopic (exact) mass is 663 g/mol. The van der Waals surface area contributed by atoms with Crippen LogP contribution in [0.3, 0.4) is 0 Å². The molecule has 1 fully saturated rings. The Bertz CT molecular complexity index is 1690. The highest BCUT2D eigenvalue weighted by Crippen LogP contribution is 2.32. The highest BCUT2D eigenvalue weighted by molar-refractivity contribution is 8.18. The van der Waals surface area contributed by atoms with Crippen LogP contribution in [0.5, 0.6) is 0 Å². The predicted molar refractivity (Wildman–Crippen MR) is 174 cm³/mol. The number of nitrogens with one attached hydrogen (secondary N) is 2. The van der Waals surface area contributed by atoms with Crippen LogP contribution >= 0.6 is 23.4 Å². The number of aryl methyl sites for hydroxylation is 1. The Morgan fingerprint density at radius 2 is 1.54 bits per heavy atom. The van der Waals surface area contributed by atoms with Crippen LogP contribution in [0.1, 0.15) is 51.6 Å². The van der Waals surface area contributed by atoms with Crippen molar-refractivity contribution in [2.24, 2.45) is 0 Å². The zero-order valence-corrected chi connectivity index (χ0v) is 26.5. The Morgan fingerprint density at radius 3 is 2.24 bits per heavy atom. The molecule has 0 aromatic heterocycles. The van der Waals surface area contributed by atoms with E-state index < -0.39 is 48.1 Å². The van der Waals surface area contributed by atoms with Crippen molar-refractivity contribution >= 4 is 75.7 Å². The lowest BCUT2D eigenvalue weighted by Gasteiger charge is -2.13. The molecule has 4 rings (SSSR count). The normalized spacial score (nSPS) is 13.5. The van der Waals surface area contributed by atoms with Gasteiger partial charge in [-0.25, -0.2) is 9.59 Å². The Kier molecular flexibility index (Phi) is 11.7. The molecule has 2 N–H and O–H groups in total. The van der Waals surface area contributed by atoms with Crippen LogP contribution < -0.4 is 10.6 Å². The summed E-state index contributed by atoms with van der Waals surface area (Å²) in [5.41, 5.74) is 2.64. The van der Waals surface area contributed by atoms with Crippen LogP contribution in [0, 0.1) is 6.92 Å². The Balaban J connectivity index is 1.30. The van der Waals surface area contributed by atoms with Gasteiger partial charge in [0, 0.05) is 11.4 Å². The molecule has 11 nitrogen and oxygen atoms in total. The molecule has 1 aliphatic heterocycles. The van der Waals surface area contributed by atoms with Gasteiger partial charge in [0.05, 0.1) is 27.7 Å². The molecule has 0 atom stereocenters. The molecule has 1 saturated heterocycles. The average molecular weight is 664 g/mol. The van der Waals surface area contributed by atoms with E-state index in [-0.39, 0.29) is 33.3 Å². The standard InChI is InChI=1S/C33H30ClN3O8S/c1-3-4-15-44-32(42)25-17-24(13-14-26(25)34)36-28(38)18-37-30(40)27(46-33(37)43)16-21-7-9-22(10-8-21)31(41)45-19-29(39)35-23-11-5-20(2)6-12-23/h5-14,16-17H,3-4,15,18-19H2,1-2H3,(H,35,39)(H,36,38)/b27-16-. The number of amides is 4. The number of hydrogen-bond donors (Lipinski definition) is 2. The molecular formula is C33H30ClN3O8S. The summed E-state index contributed by atoms with van der Waals surface area (Å²) in [6.45, 7) is 3.10. The fraction of sp³-hybridized carbons (Fsp3) is 0.212. The van der Waals surface area contributed by atoms with Gasteiger partial charge in [0.25, 0.3) is 17.1 Å². The third-order valence-corrected chi connectivity index (χ3v) is 7.73. The molecule has 3 aromatic rings. The molecule has 1 aliphatic rings. The fourth-order valence-electron chi connectivity index (χ4n) is 4.04. The highest BCUT2D eigenvalue weighted by Gasteiger charge is 2.36. The van der Waals surface area contributed by atoms with Crippen LogP contribution in [0.4, 0.5) is 16.2 Å². The van der Waals surface area contributed by atoms with E-state index in [9.17, 15) is 28.8 Å². The van der Waals surface area contributed by atoms with Crippen LogP contribution in [0.25, 0.3) is 6.08 Å². The van der Waals surface area contributed by atoms with Crippen molar-refractivity contribution in [1.29, 1.82) is 0 Å². The fourth-order valence-corrected chi connectivity index (χ4v) is 5.08. The molecule has 0 bridgehead atoms. The zero-order valence-electron chi connectivity index (χ0n) is 25.0. The summed E-state index contributed by atoms with van der Waals surface area (Å²) in [6.07, 6.45) is 3.01. The van der Waals surface area contributed by atoms with E-state index in [1.807, 2.05) is 26.0 Å². The average Bonchev–Trinajstić information content (AvgIpc) is 3.29. The van der Waals surface area contributed by atoms with Gasteiger partial charge in [-0.15, -0.1) is 0 Å². The third kappa shape index (κ3) is 9.29. The van der Waals surface area contributed by atoms with E-state index in [0.717, 1.165) is 16.9 Å². The lowest BCUT2D eigenvalue weighted by atomic mass is 10.1. The van der Waals surface area contributed by atoms with Gasteiger partial charge in [0.15, 0.2) is 6.61 Å². The van der Waals surface area contributed by atoms with Gasteiger partial charge in [-0.1, -0.05) is 54.8 Å². The first-order chi connectivity index (χ1) is 22.0. The van der Waals surface area contributed by atoms with Gasteiger partial charge < -0.3 is 20.1 Å². The number of carbonyl (C=O) groups excluding carboxylic acids is 6. The van der Waals surface area contributed by atoms with Crippen molar-refractivity contribution in [1.82, 2.24) is 4.90 Å². The number of esters is 2. The van der Waals surface area contributed by atoms with E-state index in [2.05, 4.69) is 10.6 Å². The van der Waals surface area contributed by atoms with Crippen molar-refractivity contribution in [3.63, 3.8) is 0 Å². The third-order valence-electron chi connectivity index (χ3n) is 6.49. The largest absolute Gasteiger partial charge is 0.462 e. The maximum absolute atomic E-state index is 12.9. The first-order valence-electron chi connectivity index (χ1n) is 14.2. The van der Waals surface area contributed by atoms with E-state index in [0.29, 0.717) is 29.4 Å². The summed E-state index contributed by atoms with van der Waals surface area (Å²) in [4.78, 5) is 75.9. The number of imide groups is 1. The number of rotatable bonds is 12. The number of nitrogens with zero attached hydrogens (tertiary/aromatic N) is 1. The minimum Gasteiger partial charge on any atom is -0.462 e. The number of unbranched alkanes of at least 4 members (excludes halogenated alkanes) is 1. The maximum Gasteiger partial charge on any atom is 0.339 e. The second-order valence-electron chi connectivity index (χ2n) is 10.1. The molecule has 0 saturated carbocycles. The molecule has 0 radical (unpaired) electrons. The summed E-state index contributed by atoms with van der Waals surface area (Å²) in [6, 6.07) is 17.5. The Hall–Kier alpha value is -4.94. The van der Waals surface area contributed by atoms with Crippen LogP contribution in [-0.4, -0.2) is 59.6 Å². The van der Waals surface area contributed by atoms with Gasteiger partial charge in [0.1, 0.15) is 6.54 Å². The predicted octanol–water partition coefficient (Wildman–Crippen LogP) is 6.08. The molecule has 0 unspecified atom stereocenters.